The van der Waals surface area contributed by atoms with E-state index in [0.29, 0.717) is 6.54 Å². The first-order chi connectivity index (χ1) is 8.57. The van der Waals surface area contributed by atoms with Crippen molar-refractivity contribution in [2.45, 2.75) is 31.8 Å². The minimum atomic E-state index is -0.603. The molecule has 0 unspecified atom stereocenters. The topological polar surface area (TPSA) is 83.8 Å². The molecule has 1 saturated carbocycles. The Morgan fingerprint density at radius 1 is 1.56 bits per heavy atom. The predicted octanol–water partition coefficient (Wildman–Crippen LogP) is 0.979. The summed E-state index contributed by atoms with van der Waals surface area (Å²) >= 11 is 0. The highest BCUT2D eigenvalue weighted by Crippen LogP contribution is 2.32. The third-order valence-electron chi connectivity index (χ3n) is 3.36. The van der Waals surface area contributed by atoms with E-state index in [2.05, 4.69) is 15.3 Å². The van der Waals surface area contributed by atoms with Gasteiger partial charge in [-0.3, -0.25) is 4.79 Å². The maximum absolute atomic E-state index is 11.7. The van der Waals surface area contributed by atoms with E-state index in [1.54, 1.807) is 0 Å². The smallest absolute Gasteiger partial charge is 0.240 e. The number of benzene rings is 1. The fourth-order valence-electron chi connectivity index (χ4n) is 2.01. The van der Waals surface area contributed by atoms with Gasteiger partial charge < -0.3 is 16.0 Å². The highest BCUT2D eigenvalue weighted by molar-refractivity contribution is 5.89. The van der Waals surface area contributed by atoms with Crippen molar-refractivity contribution in [2.24, 2.45) is 5.73 Å². The fraction of sp³-hybridized carbons (Fsp3) is 0.385. The number of aromatic nitrogens is 2. The number of nitrogens with two attached hydrogens (primary N) is 1. The molecule has 1 heterocycles. The molecule has 0 saturated heterocycles. The van der Waals surface area contributed by atoms with Gasteiger partial charge in [0.15, 0.2) is 0 Å². The van der Waals surface area contributed by atoms with E-state index in [4.69, 9.17) is 5.73 Å². The molecule has 94 valence electrons. The van der Waals surface area contributed by atoms with Crippen molar-refractivity contribution >= 4 is 16.9 Å². The molecule has 5 heteroatoms. The van der Waals surface area contributed by atoms with Crippen molar-refractivity contribution in [3.05, 3.63) is 29.6 Å². The summed E-state index contributed by atoms with van der Waals surface area (Å²) in [6, 6.07) is 5.93. The van der Waals surface area contributed by atoms with Crippen LogP contribution in [0.3, 0.4) is 0 Å². The SMILES string of the molecule is Cc1nc2ccc(CNC(=O)C3(N)CC3)cc2[nH]1. The van der Waals surface area contributed by atoms with Gasteiger partial charge in [-0.25, -0.2) is 4.98 Å². The summed E-state index contributed by atoms with van der Waals surface area (Å²) in [7, 11) is 0. The Morgan fingerprint density at radius 2 is 2.33 bits per heavy atom. The molecule has 0 radical (unpaired) electrons. The summed E-state index contributed by atoms with van der Waals surface area (Å²) in [5, 5.41) is 2.87. The molecular formula is C13H16N4O. The van der Waals surface area contributed by atoms with Crippen LogP contribution in [0.4, 0.5) is 0 Å². The second kappa shape index (κ2) is 3.81. The fourth-order valence-corrected chi connectivity index (χ4v) is 2.01. The van der Waals surface area contributed by atoms with Crippen molar-refractivity contribution in [2.75, 3.05) is 0 Å². The zero-order valence-electron chi connectivity index (χ0n) is 10.3. The second-order valence-electron chi connectivity index (χ2n) is 5.01. The molecule has 0 bridgehead atoms. The van der Waals surface area contributed by atoms with E-state index < -0.39 is 5.54 Å². The average molecular weight is 244 g/mol. The Kier molecular flexibility index (Phi) is 2.38. The van der Waals surface area contributed by atoms with Crippen molar-refractivity contribution in [3.8, 4) is 0 Å². The number of carbonyl (C=O) groups excluding carboxylic acids is 1. The standard InChI is InChI=1S/C13H16N4O/c1-8-16-10-3-2-9(6-11(10)17-8)7-15-12(18)13(14)4-5-13/h2-3,6H,4-5,7,14H2,1H3,(H,15,18)(H,16,17). The Bertz CT molecular complexity index is 612. The molecule has 1 aromatic heterocycles. The number of H-pyrrole nitrogens is 1. The molecule has 1 aromatic carbocycles. The number of nitrogens with one attached hydrogen (secondary N) is 2. The number of hydrogen-bond donors (Lipinski definition) is 3. The molecule has 1 amide bonds. The van der Waals surface area contributed by atoms with Crippen LogP contribution in [-0.4, -0.2) is 21.4 Å². The molecule has 0 spiro atoms. The van der Waals surface area contributed by atoms with Gasteiger partial charge in [0.2, 0.25) is 5.91 Å². The summed E-state index contributed by atoms with van der Waals surface area (Å²) < 4.78 is 0. The van der Waals surface area contributed by atoms with Crippen LogP contribution in [-0.2, 0) is 11.3 Å². The molecule has 2 aromatic rings. The van der Waals surface area contributed by atoms with E-state index >= 15 is 0 Å². The van der Waals surface area contributed by atoms with Gasteiger partial charge in [-0.2, -0.15) is 0 Å². The van der Waals surface area contributed by atoms with Crippen LogP contribution in [0.5, 0.6) is 0 Å². The highest BCUT2D eigenvalue weighted by Gasteiger charge is 2.45. The summed E-state index contributed by atoms with van der Waals surface area (Å²) in [5.41, 5.74) is 8.20. The number of aryl methyl sites for hydroxylation is 1. The van der Waals surface area contributed by atoms with Gasteiger partial charge in [-0.1, -0.05) is 6.07 Å². The lowest BCUT2D eigenvalue weighted by molar-refractivity contribution is -0.123. The van der Waals surface area contributed by atoms with Crippen LogP contribution in [0.1, 0.15) is 24.2 Å². The van der Waals surface area contributed by atoms with E-state index in [1.807, 2.05) is 25.1 Å². The average Bonchev–Trinajstić information content (AvgIpc) is 2.98. The maximum atomic E-state index is 11.7. The Morgan fingerprint density at radius 3 is 3.06 bits per heavy atom. The van der Waals surface area contributed by atoms with Crippen molar-refractivity contribution in [1.29, 1.82) is 0 Å². The van der Waals surface area contributed by atoms with E-state index in [9.17, 15) is 4.79 Å². The van der Waals surface area contributed by atoms with E-state index in [1.165, 1.54) is 0 Å². The van der Waals surface area contributed by atoms with E-state index in [-0.39, 0.29) is 5.91 Å². The van der Waals surface area contributed by atoms with Gasteiger partial charge in [0.25, 0.3) is 0 Å². The van der Waals surface area contributed by atoms with Crippen LogP contribution in [0, 0.1) is 6.92 Å². The summed E-state index contributed by atoms with van der Waals surface area (Å²) in [4.78, 5) is 19.2. The van der Waals surface area contributed by atoms with Gasteiger partial charge in [0.05, 0.1) is 16.6 Å². The lowest BCUT2D eigenvalue weighted by Gasteiger charge is -2.09. The largest absolute Gasteiger partial charge is 0.350 e. The predicted molar refractivity (Wildman–Crippen MR) is 68.8 cm³/mol. The quantitative estimate of drug-likeness (QED) is 0.752. The van der Waals surface area contributed by atoms with E-state index in [0.717, 1.165) is 35.3 Å². The molecule has 18 heavy (non-hydrogen) atoms. The number of fused-ring (bicyclic) bond motifs is 1. The first-order valence-electron chi connectivity index (χ1n) is 6.09. The van der Waals surface area contributed by atoms with Crippen molar-refractivity contribution in [3.63, 3.8) is 0 Å². The minimum absolute atomic E-state index is 0.0524. The number of carbonyl (C=O) groups is 1. The normalized spacial score (nSPS) is 16.8. The molecule has 0 atom stereocenters. The van der Waals surface area contributed by atoms with Crippen molar-refractivity contribution < 1.29 is 4.79 Å². The molecule has 3 rings (SSSR count). The third-order valence-corrected chi connectivity index (χ3v) is 3.36. The number of hydrogen-bond acceptors (Lipinski definition) is 3. The third kappa shape index (κ3) is 1.97. The van der Waals surface area contributed by atoms with Crippen LogP contribution >= 0.6 is 0 Å². The zero-order chi connectivity index (χ0) is 12.8. The number of imidazole rings is 1. The monoisotopic (exact) mass is 244 g/mol. The number of amides is 1. The molecule has 0 aliphatic heterocycles. The number of rotatable bonds is 3. The first-order valence-corrected chi connectivity index (χ1v) is 6.09. The van der Waals surface area contributed by atoms with Gasteiger partial charge in [0.1, 0.15) is 5.82 Å². The maximum Gasteiger partial charge on any atom is 0.240 e. The van der Waals surface area contributed by atoms with Gasteiger partial charge in [-0.15, -0.1) is 0 Å². The molecule has 1 aliphatic rings. The number of nitrogens with zero attached hydrogens (tertiary/aromatic N) is 1. The van der Waals surface area contributed by atoms with Gasteiger partial charge >= 0.3 is 0 Å². The molecule has 4 N–H and O–H groups in total. The highest BCUT2D eigenvalue weighted by atomic mass is 16.2. The van der Waals surface area contributed by atoms with Gasteiger partial charge in [0, 0.05) is 6.54 Å². The van der Waals surface area contributed by atoms with Crippen LogP contribution in [0.25, 0.3) is 11.0 Å². The van der Waals surface area contributed by atoms with Crippen molar-refractivity contribution in [1.82, 2.24) is 15.3 Å². The summed E-state index contributed by atoms with van der Waals surface area (Å²) in [6.45, 7) is 2.43. The summed E-state index contributed by atoms with van der Waals surface area (Å²) in [6.07, 6.45) is 1.58. The van der Waals surface area contributed by atoms with Crippen LogP contribution < -0.4 is 11.1 Å². The molecular weight excluding hydrogens is 228 g/mol. The zero-order valence-corrected chi connectivity index (χ0v) is 10.3. The minimum Gasteiger partial charge on any atom is -0.350 e. The van der Waals surface area contributed by atoms with Crippen LogP contribution in [0.2, 0.25) is 0 Å². The lowest BCUT2D eigenvalue weighted by Crippen LogP contribution is -2.42. The summed E-state index contributed by atoms with van der Waals surface area (Å²) in [5.74, 6) is 0.841. The first kappa shape index (κ1) is 11.2. The Balaban J connectivity index is 1.72. The molecule has 1 fully saturated rings. The molecule has 1 aliphatic carbocycles. The van der Waals surface area contributed by atoms with Gasteiger partial charge in [-0.05, 0) is 37.5 Å². The molecule has 5 nitrogen and oxygen atoms in total. The number of aromatic amines is 1. The Hall–Kier alpha value is -1.88. The van der Waals surface area contributed by atoms with Crippen LogP contribution in [0.15, 0.2) is 18.2 Å². The Labute approximate surface area is 105 Å². The second-order valence-corrected chi connectivity index (χ2v) is 5.01. The lowest BCUT2D eigenvalue weighted by atomic mass is 10.2.